The summed E-state index contributed by atoms with van der Waals surface area (Å²) in [5.41, 5.74) is -0.559. The number of piperazine rings is 1. The van der Waals surface area contributed by atoms with E-state index in [1.165, 1.54) is 36.8 Å². The van der Waals surface area contributed by atoms with Gasteiger partial charge in [-0.05, 0) is 42.0 Å². The van der Waals surface area contributed by atoms with Crippen LogP contribution in [-0.2, 0) is 16.2 Å². The van der Waals surface area contributed by atoms with E-state index in [9.17, 15) is 26.4 Å². The number of sulfonamides is 1. The molecular weight excluding hydrogens is 543 g/mol. The second kappa shape index (κ2) is 10.6. The standard InChI is InChI=1S/C28H24F3N5O3S/c1-19(35-14-16-36(17-15-35)27(37)21-9-12-32-13-10-21)22-7-8-24(23(18-22)28(29,30)31)34-40(38,39)25-6-2-4-20-5-3-11-33-26(20)25/h2-13,18,34H,1,14-17H2. The van der Waals surface area contributed by atoms with Crippen LogP contribution in [0.25, 0.3) is 16.6 Å². The lowest BCUT2D eigenvalue weighted by Gasteiger charge is -2.37. The van der Waals surface area contributed by atoms with Crippen molar-refractivity contribution in [3.05, 3.63) is 103 Å². The Morgan fingerprint density at radius 2 is 1.55 bits per heavy atom. The van der Waals surface area contributed by atoms with Gasteiger partial charge in [-0.2, -0.15) is 13.2 Å². The molecule has 8 nitrogen and oxygen atoms in total. The van der Waals surface area contributed by atoms with Crippen LogP contribution in [-0.4, -0.2) is 60.3 Å². The van der Waals surface area contributed by atoms with E-state index < -0.39 is 27.5 Å². The van der Waals surface area contributed by atoms with Gasteiger partial charge in [-0.15, -0.1) is 0 Å². The van der Waals surface area contributed by atoms with Gasteiger partial charge in [0.2, 0.25) is 0 Å². The molecule has 0 bridgehead atoms. The summed E-state index contributed by atoms with van der Waals surface area (Å²) in [6, 6.07) is 14.4. The zero-order valence-electron chi connectivity index (χ0n) is 21.1. The predicted octanol–water partition coefficient (Wildman–Crippen LogP) is 4.88. The van der Waals surface area contributed by atoms with E-state index in [1.54, 1.807) is 40.1 Å². The second-order valence-corrected chi connectivity index (χ2v) is 10.8. The number of hydrogen-bond acceptors (Lipinski definition) is 6. The Kier molecular flexibility index (Phi) is 7.19. The average Bonchev–Trinajstić information content (AvgIpc) is 2.96. The SMILES string of the molecule is C=C(c1ccc(NS(=O)(=O)c2cccc3cccnc23)c(C(F)(F)F)c1)N1CCN(C(=O)c2ccncc2)CC1. The molecule has 12 heteroatoms. The van der Waals surface area contributed by atoms with E-state index in [0.29, 0.717) is 42.8 Å². The van der Waals surface area contributed by atoms with Crippen LogP contribution in [0.2, 0.25) is 0 Å². The maximum absolute atomic E-state index is 14.1. The van der Waals surface area contributed by atoms with Gasteiger partial charge in [0.05, 0.1) is 16.8 Å². The quantitative estimate of drug-likeness (QED) is 0.357. The van der Waals surface area contributed by atoms with Crippen LogP contribution in [0.1, 0.15) is 21.5 Å². The highest BCUT2D eigenvalue weighted by Crippen LogP contribution is 2.38. The number of amides is 1. The predicted molar refractivity (Wildman–Crippen MR) is 145 cm³/mol. The zero-order chi connectivity index (χ0) is 28.5. The maximum Gasteiger partial charge on any atom is 0.418 e. The van der Waals surface area contributed by atoms with E-state index in [2.05, 4.69) is 21.3 Å². The van der Waals surface area contributed by atoms with Crippen molar-refractivity contribution in [2.75, 3.05) is 30.9 Å². The first-order valence-corrected chi connectivity index (χ1v) is 13.7. The number of nitrogens with zero attached hydrogens (tertiary/aromatic N) is 4. The highest BCUT2D eigenvalue weighted by Gasteiger charge is 2.36. The third-order valence-corrected chi connectivity index (χ3v) is 8.06. The first-order valence-electron chi connectivity index (χ1n) is 12.3. The van der Waals surface area contributed by atoms with E-state index >= 15 is 0 Å². The number of nitrogens with one attached hydrogen (secondary N) is 1. The van der Waals surface area contributed by atoms with E-state index in [0.717, 1.165) is 12.1 Å². The molecule has 1 aliphatic rings. The molecule has 0 atom stereocenters. The van der Waals surface area contributed by atoms with E-state index in [1.807, 2.05) is 0 Å². The molecule has 5 rings (SSSR count). The van der Waals surface area contributed by atoms with Crippen molar-refractivity contribution in [2.45, 2.75) is 11.1 Å². The van der Waals surface area contributed by atoms with Crippen molar-refractivity contribution in [1.82, 2.24) is 19.8 Å². The third-order valence-electron chi connectivity index (χ3n) is 6.66. The molecule has 40 heavy (non-hydrogen) atoms. The summed E-state index contributed by atoms with van der Waals surface area (Å²) in [6.45, 7) is 5.46. The van der Waals surface area contributed by atoms with Crippen LogP contribution in [0.15, 0.2) is 90.7 Å². The number of halogens is 3. The van der Waals surface area contributed by atoms with Gasteiger partial charge in [0.1, 0.15) is 4.90 Å². The third kappa shape index (κ3) is 5.48. The number of pyridine rings is 2. The normalized spacial score (nSPS) is 14.3. The van der Waals surface area contributed by atoms with Gasteiger partial charge in [-0.1, -0.05) is 30.8 Å². The first kappa shape index (κ1) is 27.1. The van der Waals surface area contributed by atoms with Crippen LogP contribution in [0.5, 0.6) is 0 Å². The number of anilines is 1. The molecule has 1 fully saturated rings. The highest BCUT2D eigenvalue weighted by molar-refractivity contribution is 7.93. The fourth-order valence-corrected chi connectivity index (χ4v) is 5.84. The number of carbonyl (C=O) groups excluding carboxylic acids is 1. The van der Waals surface area contributed by atoms with Gasteiger partial charge in [0, 0.05) is 61.4 Å². The monoisotopic (exact) mass is 567 g/mol. The molecule has 1 N–H and O–H groups in total. The minimum absolute atomic E-state index is 0.148. The van der Waals surface area contributed by atoms with Gasteiger partial charge in [-0.3, -0.25) is 19.5 Å². The van der Waals surface area contributed by atoms with Gasteiger partial charge >= 0.3 is 6.18 Å². The number of rotatable bonds is 6. The van der Waals surface area contributed by atoms with Crippen LogP contribution in [0.4, 0.5) is 18.9 Å². The molecule has 206 valence electrons. The molecule has 2 aromatic heterocycles. The lowest BCUT2D eigenvalue weighted by Crippen LogP contribution is -2.47. The van der Waals surface area contributed by atoms with E-state index in [-0.39, 0.29) is 21.9 Å². The highest BCUT2D eigenvalue weighted by atomic mass is 32.2. The van der Waals surface area contributed by atoms with Crippen molar-refractivity contribution in [1.29, 1.82) is 0 Å². The summed E-state index contributed by atoms with van der Waals surface area (Å²) in [5, 5.41) is 0.538. The molecule has 2 aromatic carbocycles. The molecule has 1 aliphatic heterocycles. The fourth-order valence-electron chi connectivity index (χ4n) is 4.58. The van der Waals surface area contributed by atoms with Crippen molar-refractivity contribution < 1.29 is 26.4 Å². The molecule has 0 spiro atoms. The Bertz CT molecular complexity index is 1680. The van der Waals surface area contributed by atoms with Crippen LogP contribution in [0.3, 0.4) is 0 Å². The molecule has 0 unspecified atom stereocenters. The molecule has 1 saturated heterocycles. The molecular formula is C28H24F3N5O3S. The minimum atomic E-state index is -4.85. The maximum atomic E-state index is 14.1. The number of fused-ring (bicyclic) bond motifs is 1. The minimum Gasteiger partial charge on any atom is -0.368 e. The second-order valence-electron chi connectivity index (χ2n) is 9.16. The lowest BCUT2D eigenvalue weighted by molar-refractivity contribution is -0.136. The topological polar surface area (TPSA) is 95.5 Å². The lowest BCUT2D eigenvalue weighted by atomic mass is 10.0. The van der Waals surface area contributed by atoms with Gasteiger partial charge < -0.3 is 9.80 Å². The first-order chi connectivity index (χ1) is 19.0. The molecule has 3 heterocycles. The Morgan fingerprint density at radius 1 is 0.875 bits per heavy atom. The van der Waals surface area contributed by atoms with Gasteiger partial charge in [-0.25, -0.2) is 8.42 Å². The number of hydrogen-bond donors (Lipinski definition) is 1. The van der Waals surface area contributed by atoms with E-state index in [4.69, 9.17) is 0 Å². The van der Waals surface area contributed by atoms with Crippen LogP contribution in [0, 0.1) is 0 Å². The number of benzene rings is 2. The number of aromatic nitrogens is 2. The Labute approximate surface area is 228 Å². The molecule has 0 aliphatic carbocycles. The summed E-state index contributed by atoms with van der Waals surface area (Å²) in [5.74, 6) is -0.148. The molecule has 0 saturated carbocycles. The zero-order valence-corrected chi connectivity index (χ0v) is 21.9. The summed E-state index contributed by atoms with van der Waals surface area (Å²) in [6.07, 6.45) is -0.364. The van der Waals surface area contributed by atoms with Crippen molar-refractivity contribution >= 4 is 38.2 Å². The molecule has 1 amide bonds. The Hall–Kier alpha value is -4.45. The van der Waals surface area contributed by atoms with Crippen LogP contribution >= 0.6 is 0 Å². The summed E-state index contributed by atoms with van der Waals surface area (Å²) < 4.78 is 70.8. The van der Waals surface area contributed by atoms with Crippen LogP contribution < -0.4 is 4.72 Å². The number of para-hydroxylation sites is 1. The Morgan fingerprint density at radius 3 is 2.25 bits per heavy atom. The number of alkyl halides is 3. The summed E-state index contributed by atoms with van der Waals surface area (Å²) >= 11 is 0. The summed E-state index contributed by atoms with van der Waals surface area (Å²) in [7, 11) is -4.40. The van der Waals surface area contributed by atoms with Gasteiger partial charge in [0.25, 0.3) is 15.9 Å². The fraction of sp³-hybridized carbons (Fsp3) is 0.179. The van der Waals surface area contributed by atoms with Crippen molar-refractivity contribution in [3.8, 4) is 0 Å². The Balaban J connectivity index is 1.36. The van der Waals surface area contributed by atoms with Gasteiger partial charge in [0.15, 0.2) is 0 Å². The molecule has 4 aromatic rings. The molecule has 0 radical (unpaired) electrons. The van der Waals surface area contributed by atoms with Crippen molar-refractivity contribution in [2.24, 2.45) is 0 Å². The summed E-state index contributed by atoms with van der Waals surface area (Å²) in [4.78, 5) is 23.9. The largest absolute Gasteiger partial charge is 0.418 e. The average molecular weight is 568 g/mol. The number of carbonyl (C=O) groups is 1. The van der Waals surface area contributed by atoms with Crippen molar-refractivity contribution in [3.63, 3.8) is 0 Å². The smallest absolute Gasteiger partial charge is 0.368 e.